The first kappa shape index (κ1) is 18.3. The molecule has 0 aliphatic heterocycles. The average Bonchev–Trinajstić information content (AvgIpc) is 2.62. The normalized spacial score (nSPS) is 10.5. The van der Waals surface area contributed by atoms with Gasteiger partial charge in [-0.15, -0.1) is 0 Å². The van der Waals surface area contributed by atoms with Crippen LogP contribution in [-0.4, -0.2) is 22.8 Å². The minimum Gasteiger partial charge on any atom is -0.497 e. The maximum absolute atomic E-state index is 13.4. The molecule has 1 aromatic heterocycles. The number of hydrogen-bond donors (Lipinski definition) is 1. The number of hydrogen-bond acceptors (Lipinski definition) is 4. The largest absolute Gasteiger partial charge is 0.497 e. The van der Waals surface area contributed by atoms with E-state index in [1.54, 1.807) is 38.3 Å². The van der Waals surface area contributed by atoms with E-state index in [1.165, 1.54) is 18.2 Å². The highest BCUT2D eigenvalue weighted by Gasteiger charge is 2.10. The highest BCUT2D eigenvalue weighted by atomic mass is 19.1. The highest BCUT2D eigenvalue weighted by Crippen LogP contribution is 2.21. The van der Waals surface area contributed by atoms with Crippen LogP contribution >= 0.6 is 0 Å². The van der Waals surface area contributed by atoms with Gasteiger partial charge >= 0.3 is 0 Å². The fourth-order valence-electron chi connectivity index (χ4n) is 2.64. The number of anilines is 1. The van der Waals surface area contributed by atoms with Gasteiger partial charge in [0.2, 0.25) is 5.91 Å². The van der Waals surface area contributed by atoms with Gasteiger partial charge in [0, 0.05) is 17.3 Å². The Morgan fingerprint density at radius 2 is 2.00 bits per heavy atom. The zero-order chi connectivity index (χ0) is 19.4. The van der Waals surface area contributed by atoms with Gasteiger partial charge in [-0.3, -0.25) is 9.59 Å². The molecule has 138 valence electrons. The predicted molar refractivity (Wildman–Crippen MR) is 100 cm³/mol. The third-order valence-electron chi connectivity index (χ3n) is 3.85. The predicted octanol–water partition coefficient (Wildman–Crippen LogP) is 3.01. The molecule has 0 unspecified atom stereocenters. The third-order valence-corrected chi connectivity index (χ3v) is 3.85. The van der Waals surface area contributed by atoms with Crippen molar-refractivity contribution in [2.45, 2.75) is 13.5 Å². The highest BCUT2D eigenvalue weighted by molar-refractivity contribution is 5.90. The second-order valence-electron chi connectivity index (χ2n) is 6.01. The van der Waals surface area contributed by atoms with Crippen LogP contribution in [0.25, 0.3) is 11.3 Å². The van der Waals surface area contributed by atoms with Gasteiger partial charge in [0.15, 0.2) is 0 Å². The molecule has 2 aromatic carbocycles. The van der Waals surface area contributed by atoms with Crippen LogP contribution in [0.15, 0.2) is 59.4 Å². The van der Waals surface area contributed by atoms with Crippen molar-refractivity contribution in [3.05, 3.63) is 76.3 Å². The van der Waals surface area contributed by atoms with E-state index >= 15 is 0 Å². The Labute approximate surface area is 155 Å². The van der Waals surface area contributed by atoms with Gasteiger partial charge < -0.3 is 10.1 Å². The van der Waals surface area contributed by atoms with E-state index in [9.17, 15) is 14.0 Å². The number of ether oxygens (including phenoxy) is 1. The van der Waals surface area contributed by atoms with E-state index in [0.717, 1.165) is 10.2 Å². The van der Waals surface area contributed by atoms with Crippen molar-refractivity contribution >= 4 is 11.6 Å². The van der Waals surface area contributed by atoms with Crippen molar-refractivity contribution in [2.75, 3.05) is 12.4 Å². The van der Waals surface area contributed by atoms with E-state index in [1.807, 2.05) is 12.1 Å². The second-order valence-corrected chi connectivity index (χ2v) is 6.01. The molecule has 3 rings (SSSR count). The van der Waals surface area contributed by atoms with E-state index < -0.39 is 17.3 Å². The summed E-state index contributed by atoms with van der Waals surface area (Å²) in [6, 6.07) is 14.4. The first-order chi connectivity index (χ1) is 12.9. The van der Waals surface area contributed by atoms with Crippen molar-refractivity contribution in [3.8, 4) is 17.0 Å². The van der Waals surface area contributed by atoms with Gasteiger partial charge in [0.25, 0.3) is 5.56 Å². The maximum Gasteiger partial charge on any atom is 0.267 e. The molecule has 0 saturated heterocycles. The first-order valence-electron chi connectivity index (χ1n) is 8.24. The second kappa shape index (κ2) is 7.82. The fourth-order valence-corrected chi connectivity index (χ4v) is 2.64. The van der Waals surface area contributed by atoms with Crippen molar-refractivity contribution < 1.29 is 13.9 Å². The van der Waals surface area contributed by atoms with Crippen molar-refractivity contribution in [1.82, 2.24) is 9.78 Å². The Morgan fingerprint density at radius 3 is 2.74 bits per heavy atom. The standard InChI is InChI=1S/C20H18FN3O3/c1-13-8-15(21)11-16(9-13)22-19(25)12-24-20(26)7-6-18(23-24)14-4-3-5-17(10-14)27-2/h3-11H,12H2,1-2H3,(H,22,25). The molecule has 1 amide bonds. The van der Waals surface area contributed by atoms with E-state index in [4.69, 9.17) is 4.74 Å². The van der Waals surface area contributed by atoms with Crippen LogP contribution in [0.4, 0.5) is 10.1 Å². The SMILES string of the molecule is COc1cccc(-c2ccc(=O)n(CC(=O)Nc3cc(C)cc(F)c3)n2)c1. The number of aryl methyl sites for hydroxylation is 1. The minimum absolute atomic E-state index is 0.286. The lowest BCUT2D eigenvalue weighted by atomic mass is 10.1. The summed E-state index contributed by atoms with van der Waals surface area (Å²) in [6.07, 6.45) is 0. The number of halogens is 1. The molecule has 1 N–H and O–H groups in total. The van der Waals surface area contributed by atoms with Crippen LogP contribution in [0.5, 0.6) is 5.75 Å². The van der Waals surface area contributed by atoms with Crippen LogP contribution in [0, 0.1) is 12.7 Å². The molecule has 0 atom stereocenters. The summed E-state index contributed by atoms with van der Waals surface area (Å²) < 4.78 is 19.7. The molecule has 0 fully saturated rings. The average molecular weight is 367 g/mol. The lowest BCUT2D eigenvalue weighted by molar-refractivity contribution is -0.117. The molecule has 0 bridgehead atoms. The molecule has 0 aliphatic carbocycles. The van der Waals surface area contributed by atoms with E-state index in [0.29, 0.717) is 22.7 Å². The zero-order valence-electron chi connectivity index (χ0n) is 14.9. The van der Waals surface area contributed by atoms with Crippen LogP contribution in [0.1, 0.15) is 5.56 Å². The summed E-state index contributed by atoms with van der Waals surface area (Å²) in [5, 5.41) is 6.83. The molecule has 27 heavy (non-hydrogen) atoms. The summed E-state index contributed by atoms with van der Waals surface area (Å²) in [5.41, 5.74) is 1.88. The molecular weight excluding hydrogens is 349 g/mol. The molecule has 0 spiro atoms. The molecule has 3 aromatic rings. The molecule has 7 heteroatoms. The van der Waals surface area contributed by atoms with Crippen molar-refractivity contribution in [1.29, 1.82) is 0 Å². The van der Waals surface area contributed by atoms with Crippen LogP contribution < -0.4 is 15.6 Å². The minimum atomic E-state index is -0.475. The number of methoxy groups -OCH3 is 1. The molecule has 6 nitrogen and oxygen atoms in total. The summed E-state index contributed by atoms with van der Waals surface area (Å²) in [6.45, 7) is 1.44. The van der Waals surface area contributed by atoms with Crippen LogP contribution in [-0.2, 0) is 11.3 Å². The fraction of sp³-hybridized carbons (Fsp3) is 0.150. The monoisotopic (exact) mass is 367 g/mol. The quantitative estimate of drug-likeness (QED) is 0.752. The topological polar surface area (TPSA) is 73.2 Å². The number of amides is 1. The Balaban J connectivity index is 1.82. The maximum atomic E-state index is 13.4. The van der Waals surface area contributed by atoms with Gasteiger partial charge in [-0.1, -0.05) is 12.1 Å². The Bertz CT molecular complexity index is 1030. The molecule has 0 saturated carbocycles. The lowest BCUT2D eigenvalue weighted by Gasteiger charge is -2.09. The lowest BCUT2D eigenvalue weighted by Crippen LogP contribution is -2.29. The summed E-state index contributed by atoms with van der Waals surface area (Å²) >= 11 is 0. The molecule has 0 aliphatic rings. The van der Waals surface area contributed by atoms with Crippen molar-refractivity contribution in [2.24, 2.45) is 0 Å². The molecule has 1 heterocycles. The van der Waals surface area contributed by atoms with Gasteiger partial charge in [0.05, 0.1) is 12.8 Å². The summed E-state index contributed by atoms with van der Waals surface area (Å²) in [5.74, 6) is -0.260. The number of rotatable bonds is 5. The van der Waals surface area contributed by atoms with Gasteiger partial charge in [-0.2, -0.15) is 5.10 Å². The number of aromatic nitrogens is 2. The zero-order valence-corrected chi connectivity index (χ0v) is 14.9. The molecule has 0 radical (unpaired) electrons. The molecular formula is C20H18FN3O3. The number of nitrogens with one attached hydrogen (secondary N) is 1. The Morgan fingerprint density at radius 1 is 1.19 bits per heavy atom. The number of nitrogens with zero attached hydrogens (tertiary/aromatic N) is 2. The Kier molecular flexibility index (Phi) is 5.30. The van der Waals surface area contributed by atoms with Gasteiger partial charge in [-0.25, -0.2) is 9.07 Å². The number of carbonyl (C=O) groups excluding carboxylic acids is 1. The van der Waals surface area contributed by atoms with E-state index in [2.05, 4.69) is 10.4 Å². The van der Waals surface area contributed by atoms with Gasteiger partial charge in [-0.05, 0) is 48.9 Å². The van der Waals surface area contributed by atoms with E-state index in [-0.39, 0.29) is 6.54 Å². The summed E-state index contributed by atoms with van der Waals surface area (Å²) in [4.78, 5) is 24.3. The Hall–Kier alpha value is -3.48. The van der Waals surface area contributed by atoms with Crippen LogP contribution in [0.2, 0.25) is 0 Å². The van der Waals surface area contributed by atoms with Crippen LogP contribution in [0.3, 0.4) is 0 Å². The van der Waals surface area contributed by atoms with Crippen molar-refractivity contribution in [3.63, 3.8) is 0 Å². The summed E-state index contributed by atoms with van der Waals surface area (Å²) in [7, 11) is 1.56. The smallest absolute Gasteiger partial charge is 0.267 e. The third kappa shape index (κ3) is 4.58. The first-order valence-corrected chi connectivity index (χ1v) is 8.24. The number of benzene rings is 2. The number of carbonyl (C=O) groups is 1. The van der Waals surface area contributed by atoms with Gasteiger partial charge in [0.1, 0.15) is 18.1 Å².